The van der Waals surface area contributed by atoms with Gasteiger partial charge in [-0.25, -0.2) is 0 Å². The molecule has 3 rings (SSSR count). The monoisotopic (exact) mass is 337 g/mol. The largest absolute Gasteiger partial charge is 0.312 e. The van der Waals surface area contributed by atoms with Gasteiger partial charge < -0.3 is 4.90 Å². The minimum atomic E-state index is -3.54. The van der Waals surface area contributed by atoms with E-state index in [1.54, 1.807) is 6.07 Å². The summed E-state index contributed by atoms with van der Waals surface area (Å²) in [7, 11) is -3.54. The molecule has 0 aromatic heterocycles. The summed E-state index contributed by atoms with van der Waals surface area (Å²) in [5.41, 5.74) is 2.49. The zero-order valence-electron chi connectivity index (χ0n) is 13.3. The van der Waals surface area contributed by atoms with E-state index in [-0.39, 0.29) is 11.8 Å². The first-order valence-electron chi connectivity index (χ1n) is 8.22. The summed E-state index contributed by atoms with van der Waals surface area (Å²) in [4.78, 5) is 14.2. The van der Waals surface area contributed by atoms with E-state index in [0.717, 1.165) is 49.9 Å². The van der Waals surface area contributed by atoms with Crippen LogP contribution in [-0.4, -0.2) is 27.4 Å². The van der Waals surface area contributed by atoms with E-state index in [2.05, 4.69) is 9.44 Å². The van der Waals surface area contributed by atoms with Crippen LogP contribution in [0.5, 0.6) is 0 Å². The average Bonchev–Trinajstić information content (AvgIpc) is 3.36. The predicted octanol–water partition coefficient (Wildman–Crippen LogP) is 2.03. The Morgan fingerprint density at radius 1 is 1.35 bits per heavy atom. The lowest BCUT2D eigenvalue weighted by atomic mass is 10.0. The van der Waals surface area contributed by atoms with Gasteiger partial charge in [0.25, 0.3) is 10.2 Å². The van der Waals surface area contributed by atoms with Crippen LogP contribution in [0, 0.1) is 5.92 Å². The molecule has 0 radical (unpaired) electrons. The average molecular weight is 337 g/mol. The predicted molar refractivity (Wildman–Crippen MR) is 90.7 cm³/mol. The smallest absolute Gasteiger partial charge is 0.299 e. The lowest BCUT2D eigenvalue weighted by molar-refractivity contribution is -0.119. The standard InChI is InChI=1S/C16H23N3O3S/c1-2-9-17-23(21,22)18-14-7-8-15-13(11-14)4-3-10-19(15)16(20)12-5-6-12/h7-8,11-12,17-18H,2-6,9-10H2,1H3. The van der Waals surface area contributed by atoms with Gasteiger partial charge in [-0.15, -0.1) is 0 Å². The number of anilines is 2. The summed E-state index contributed by atoms with van der Waals surface area (Å²) < 4.78 is 28.8. The fourth-order valence-corrected chi connectivity index (χ4v) is 3.85. The van der Waals surface area contributed by atoms with Gasteiger partial charge >= 0.3 is 0 Å². The SMILES string of the molecule is CCCNS(=O)(=O)Nc1ccc2c(c1)CCCN2C(=O)C1CC1. The molecular formula is C16H23N3O3S. The van der Waals surface area contributed by atoms with Crippen molar-refractivity contribution in [1.82, 2.24) is 4.72 Å². The summed E-state index contributed by atoms with van der Waals surface area (Å²) in [6.45, 7) is 3.07. The molecule has 1 fully saturated rings. The van der Waals surface area contributed by atoms with E-state index in [0.29, 0.717) is 12.2 Å². The number of carbonyl (C=O) groups is 1. The van der Waals surface area contributed by atoms with Crippen LogP contribution in [-0.2, 0) is 21.4 Å². The molecule has 0 saturated heterocycles. The summed E-state index contributed by atoms with van der Waals surface area (Å²) in [6, 6.07) is 5.42. The van der Waals surface area contributed by atoms with Crippen LogP contribution >= 0.6 is 0 Å². The first-order chi connectivity index (χ1) is 11.0. The number of hydrogen-bond donors (Lipinski definition) is 2. The third-order valence-electron chi connectivity index (χ3n) is 4.19. The van der Waals surface area contributed by atoms with Crippen molar-refractivity contribution < 1.29 is 13.2 Å². The van der Waals surface area contributed by atoms with E-state index in [1.807, 2.05) is 24.0 Å². The van der Waals surface area contributed by atoms with Crippen molar-refractivity contribution in [2.24, 2.45) is 5.92 Å². The number of hydrogen-bond acceptors (Lipinski definition) is 3. The maximum atomic E-state index is 12.4. The van der Waals surface area contributed by atoms with Gasteiger partial charge in [0.15, 0.2) is 0 Å². The number of rotatable bonds is 6. The van der Waals surface area contributed by atoms with Gasteiger partial charge in [0, 0.05) is 24.7 Å². The molecular weight excluding hydrogens is 314 g/mol. The molecule has 1 aliphatic heterocycles. The van der Waals surface area contributed by atoms with Crippen molar-refractivity contribution in [3.63, 3.8) is 0 Å². The highest BCUT2D eigenvalue weighted by Gasteiger charge is 2.35. The number of carbonyl (C=O) groups excluding carboxylic acids is 1. The van der Waals surface area contributed by atoms with Gasteiger partial charge in [0.1, 0.15) is 0 Å². The Morgan fingerprint density at radius 2 is 2.13 bits per heavy atom. The molecule has 2 N–H and O–H groups in total. The maximum Gasteiger partial charge on any atom is 0.299 e. The fraction of sp³-hybridized carbons (Fsp3) is 0.562. The molecule has 1 aromatic rings. The second kappa shape index (κ2) is 6.49. The van der Waals surface area contributed by atoms with Crippen LogP contribution in [0.1, 0.15) is 38.2 Å². The minimum Gasteiger partial charge on any atom is -0.312 e. The molecule has 0 spiro atoms. The Bertz CT molecular complexity index is 699. The third kappa shape index (κ3) is 3.84. The summed E-state index contributed by atoms with van der Waals surface area (Å²) in [6.07, 6.45) is 4.50. The number of nitrogens with zero attached hydrogens (tertiary/aromatic N) is 1. The normalized spacial score (nSPS) is 17.7. The maximum absolute atomic E-state index is 12.4. The second-order valence-corrected chi connectivity index (χ2v) is 7.71. The molecule has 126 valence electrons. The molecule has 0 atom stereocenters. The highest BCUT2D eigenvalue weighted by molar-refractivity contribution is 7.90. The Balaban J connectivity index is 1.78. The molecule has 1 saturated carbocycles. The Labute approximate surface area is 137 Å². The van der Waals surface area contributed by atoms with E-state index in [9.17, 15) is 13.2 Å². The van der Waals surface area contributed by atoms with Crippen LogP contribution in [0.4, 0.5) is 11.4 Å². The van der Waals surface area contributed by atoms with Crippen LogP contribution in [0.2, 0.25) is 0 Å². The van der Waals surface area contributed by atoms with E-state index in [1.165, 1.54) is 0 Å². The van der Waals surface area contributed by atoms with Gasteiger partial charge in [-0.05, 0) is 55.9 Å². The molecule has 1 aromatic carbocycles. The first-order valence-corrected chi connectivity index (χ1v) is 9.70. The van der Waals surface area contributed by atoms with Crippen molar-refractivity contribution in [2.45, 2.75) is 39.0 Å². The Morgan fingerprint density at radius 3 is 2.83 bits per heavy atom. The van der Waals surface area contributed by atoms with Gasteiger partial charge in [0.05, 0.1) is 5.69 Å². The van der Waals surface area contributed by atoms with Gasteiger partial charge in [-0.1, -0.05) is 6.92 Å². The molecule has 23 heavy (non-hydrogen) atoms. The van der Waals surface area contributed by atoms with Crippen molar-refractivity contribution in [2.75, 3.05) is 22.7 Å². The number of aryl methyl sites for hydroxylation is 1. The lowest BCUT2D eigenvalue weighted by Gasteiger charge is -2.30. The van der Waals surface area contributed by atoms with Gasteiger partial charge in [-0.2, -0.15) is 13.1 Å². The van der Waals surface area contributed by atoms with Crippen LogP contribution in [0.15, 0.2) is 18.2 Å². The second-order valence-electron chi connectivity index (χ2n) is 6.21. The zero-order valence-corrected chi connectivity index (χ0v) is 14.2. The fourth-order valence-electron chi connectivity index (χ4n) is 2.87. The summed E-state index contributed by atoms with van der Waals surface area (Å²) >= 11 is 0. The van der Waals surface area contributed by atoms with Gasteiger partial charge in [-0.3, -0.25) is 9.52 Å². The topological polar surface area (TPSA) is 78.5 Å². The van der Waals surface area contributed by atoms with Crippen molar-refractivity contribution >= 4 is 27.5 Å². The third-order valence-corrected chi connectivity index (χ3v) is 5.27. The molecule has 2 aliphatic rings. The van der Waals surface area contributed by atoms with E-state index < -0.39 is 10.2 Å². The summed E-state index contributed by atoms with van der Waals surface area (Å²) in [5, 5.41) is 0. The number of amides is 1. The molecule has 6 nitrogen and oxygen atoms in total. The zero-order chi connectivity index (χ0) is 16.4. The number of fused-ring (bicyclic) bond motifs is 1. The van der Waals surface area contributed by atoms with Crippen molar-refractivity contribution in [1.29, 1.82) is 0 Å². The Hall–Kier alpha value is -1.60. The highest BCUT2D eigenvalue weighted by atomic mass is 32.2. The minimum absolute atomic E-state index is 0.192. The molecule has 0 bridgehead atoms. The quantitative estimate of drug-likeness (QED) is 0.834. The summed E-state index contributed by atoms with van der Waals surface area (Å²) in [5.74, 6) is 0.404. The highest BCUT2D eigenvalue weighted by Crippen LogP contribution is 2.36. The Kier molecular flexibility index (Phi) is 4.59. The molecule has 0 unspecified atom stereocenters. The van der Waals surface area contributed by atoms with E-state index in [4.69, 9.17) is 0 Å². The lowest BCUT2D eigenvalue weighted by Crippen LogP contribution is -2.36. The number of benzene rings is 1. The molecule has 1 heterocycles. The molecule has 1 aliphatic carbocycles. The van der Waals surface area contributed by atoms with Crippen LogP contribution < -0.4 is 14.3 Å². The molecule has 7 heteroatoms. The molecule has 1 amide bonds. The van der Waals surface area contributed by atoms with Crippen molar-refractivity contribution in [3.8, 4) is 0 Å². The van der Waals surface area contributed by atoms with Gasteiger partial charge in [0.2, 0.25) is 5.91 Å². The van der Waals surface area contributed by atoms with Crippen LogP contribution in [0.3, 0.4) is 0 Å². The van der Waals surface area contributed by atoms with Crippen molar-refractivity contribution in [3.05, 3.63) is 23.8 Å². The van der Waals surface area contributed by atoms with Crippen LogP contribution in [0.25, 0.3) is 0 Å². The first kappa shape index (κ1) is 16.3. The number of nitrogens with one attached hydrogen (secondary N) is 2. The van der Waals surface area contributed by atoms with E-state index >= 15 is 0 Å².